The second kappa shape index (κ2) is 10.8. The van der Waals surface area contributed by atoms with Crippen molar-refractivity contribution in [2.24, 2.45) is 0 Å². The molecule has 3 fully saturated rings. The molecule has 8 nitrogen and oxygen atoms in total. The first kappa shape index (κ1) is 28.7. The summed E-state index contributed by atoms with van der Waals surface area (Å²) in [7, 11) is 1.79. The molecule has 1 amide bonds. The molecule has 0 radical (unpaired) electrons. The smallest absolute Gasteiger partial charge is 0.319 e. The molecule has 0 aliphatic carbocycles. The first-order valence-corrected chi connectivity index (χ1v) is 14.6. The Morgan fingerprint density at radius 1 is 1.18 bits per heavy atom. The number of benzene rings is 2. The van der Waals surface area contributed by atoms with Gasteiger partial charge >= 0.3 is 6.01 Å². The number of nitrogens with zero attached hydrogens (tertiary/aromatic N) is 6. The van der Waals surface area contributed by atoms with Gasteiger partial charge in [0, 0.05) is 64.8 Å². The van der Waals surface area contributed by atoms with Crippen LogP contribution in [-0.4, -0.2) is 88.2 Å². The van der Waals surface area contributed by atoms with Crippen molar-refractivity contribution < 1.29 is 27.1 Å². The van der Waals surface area contributed by atoms with Gasteiger partial charge in [-0.2, -0.15) is 9.97 Å². The number of rotatable bonds is 6. The van der Waals surface area contributed by atoms with Crippen LogP contribution >= 0.6 is 11.6 Å². The maximum absolute atomic E-state index is 16.6. The summed E-state index contributed by atoms with van der Waals surface area (Å²) in [6.45, 7) is 4.02. The van der Waals surface area contributed by atoms with E-state index in [0.717, 1.165) is 0 Å². The van der Waals surface area contributed by atoms with Crippen LogP contribution < -0.4 is 9.64 Å². The van der Waals surface area contributed by atoms with Crippen LogP contribution in [0.4, 0.5) is 23.4 Å². The Morgan fingerprint density at radius 3 is 2.75 bits per heavy atom. The number of amides is 1. The molecule has 3 aliphatic heterocycles. The van der Waals surface area contributed by atoms with Crippen LogP contribution in [0.15, 0.2) is 49.1 Å². The SMILES string of the molecule is C=C(F)C(=O)N1CC[C@@H]2[C@H]1CN2c1nc(OC[C@@H]2C[C@@H](F)CN2C)nc2c(F)c(-c3cncc4cccc(Cl)c34)c(F)cc12. The summed E-state index contributed by atoms with van der Waals surface area (Å²) in [5.41, 5.74) is -0.370. The van der Waals surface area contributed by atoms with Gasteiger partial charge in [0.1, 0.15) is 29.9 Å². The van der Waals surface area contributed by atoms with Crippen LogP contribution in [0, 0.1) is 11.6 Å². The van der Waals surface area contributed by atoms with E-state index < -0.39 is 29.5 Å². The summed E-state index contributed by atoms with van der Waals surface area (Å²) in [4.78, 5) is 30.5. The van der Waals surface area contributed by atoms with Crippen molar-refractivity contribution in [3.8, 4) is 17.1 Å². The molecule has 5 heterocycles. The zero-order valence-electron chi connectivity index (χ0n) is 23.6. The third-order valence-corrected chi connectivity index (χ3v) is 9.26. The van der Waals surface area contributed by atoms with Crippen molar-refractivity contribution in [2.75, 3.05) is 38.2 Å². The zero-order valence-corrected chi connectivity index (χ0v) is 24.4. The summed E-state index contributed by atoms with van der Waals surface area (Å²) < 4.78 is 66.1. The number of pyridine rings is 1. The number of fused-ring (bicyclic) bond motifs is 3. The second-order valence-electron chi connectivity index (χ2n) is 11.5. The molecular formula is C31H27ClF4N6O2. The minimum atomic E-state index is -1.04. The van der Waals surface area contributed by atoms with E-state index in [4.69, 9.17) is 16.3 Å². The number of hydrogen-bond acceptors (Lipinski definition) is 7. The largest absolute Gasteiger partial charge is 0.462 e. The fourth-order valence-electron chi connectivity index (χ4n) is 6.72. The van der Waals surface area contributed by atoms with Crippen molar-refractivity contribution in [3.63, 3.8) is 0 Å². The van der Waals surface area contributed by atoms with Crippen molar-refractivity contribution >= 4 is 45.0 Å². The average molecular weight is 627 g/mol. The number of aromatic nitrogens is 3. The summed E-state index contributed by atoms with van der Waals surface area (Å²) in [6.07, 6.45) is 2.70. The Hall–Kier alpha value is -4.03. The maximum Gasteiger partial charge on any atom is 0.319 e. The molecule has 44 heavy (non-hydrogen) atoms. The molecule has 0 spiro atoms. The highest BCUT2D eigenvalue weighted by Crippen LogP contribution is 2.43. The number of halogens is 5. The predicted octanol–water partition coefficient (Wildman–Crippen LogP) is 5.47. The van der Waals surface area contributed by atoms with E-state index in [1.807, 2.05) is 9.80 Å². The first-order chi connectivity index (χ1) is 21.1. The number of anilines is 1. The topological polar surface area (TPSA) is 74.7 Å². The van der Waals surface area contributed by atoms with Crippen LogP contribution in [-0.2, 0) is 4.79 Å². The Kier molecular flexibility index (Phi) is 7.08. The summed E-state index contributed by atoms with van der Waals surface area (Å²) in [5, 5.41) is 1.46. The third-order valence-electron chi connectivity index (χ3n) is 8.95. The standard InChI is InChI=1S/C31H27ClF4N6O2/c1-15(33)30(43)41-7-6-23-24(41)13-42(23)29-19-9-22(35)26(20-11-37-10-16-4-3-5-21(32)25(16)20)27(36)28(19)38-31(39-29)44-14-18-8-17(34)12-40(18)2/h3-5,9-11,17-18,23-24H,1,6-8,12-14H2,2H3/t17-,18+,23-,24-/m1/s1. The number of likely N-dealkylation sites (tertiary alicyclic amines) is 2. The van der Waals surface area contributed by atoms with Gasteiger partial charge in [-0.1, -0.05) is 30.3 Å². The number of carbonyl (C=O) groups excluding carboxylic acids is 1. The molecule has 4 atom stereocenters. The van der Waals surface area contributed by atoms with Gasteiger partial charge in [0.25, 0.3) is 5.91 Å². The van der Waals surface area contributed by atoms with E-state index in [1.165, 1.54) is 17.2 Å². The summed E-state index contributed by atoms with van der Waals surface area (Å²) in [6, 6.07) is 5.32. The lowest BCUT2D eigenvalue weighted by molar-refractivity contribution is -0.130. The van der Waals surface area contributed by atoms with Gasteiger partial charge < -0.3 is 14.5 Å². The molecular weight excluding hydrogens is 600 g/mol. The van der Waals surface area contributed by atoms with Gasteiger partial charge in [-0.3, -0.25) is 14.7 Å². The zero-order chi connectivity index (χ0) is 30.9. The van der Waals surface area contributed by atoms with Crippen molar-refractivity contribution in [1.82, 2.24) is 24.8 Å². The lowest BCUT2D eigenvalue weighted by Crippen LogP contribution is -2.63. The number of hydrogen-bond donors (Lipinski definition) is 0. The Bertz CT molecular complexity index is 1840. The second-order valence-corrected chi connectivity index (χ2v) is 11.9. The normalized spacial score (nSPS) is 23.3. The molecule has 13 heteroatoms. The van der Waals surface area contributed by atoms with E-state index in [-0.39, 0.29) is 78.1 Å². The lowest BCUT2D eigenvalue weighted by Gasteiger charge is -2.47. The fraction of sp³-hybridized carbons (Fsp3) is 0.355. The molecule has 3 aliphatic rings. The van der Waals surface area contributed by atoms with E-state index in [9.17, 15) is 13.6 Å². The van der Waals surface area contributed by atoms with Crippen LogP contribution in [0.2, 0.25) is 5.02 Å². The lowest BCUT2D eigenvalue weighted by atomic mass is 9.95. The predicted molar refractivity (Wildman–Crippen MR) is 158 cm³/mol. The highest BCUT2D eigenvalue weighted by Gasteiger charge is 2.50. The average Bonchev–Trinajstić information content (AvgIpc) is 3.48. The maximum atomic E-state index is 16.6. The van der Waals surface area contributed by atoms with E-state index in [0.29, 0.717) is 28.8 Å². The summed E-state index contributed by atoms with van der Waals surface area (Å²) in [5.74, 6) is -3.40. The van der Waals surface area contributed by atoms with Crippen molar-refractivity contribution in [2.45, 2.75) is 37.1 Å². The highest BCUT2D eigenvalue weighted by atomic mass is 35.5. The van der Waals surface area contributed by atoms with Gasteiger partial charge in [-0.25, -0.2) is 17.6 Å². The van der Waals surface area contributed by atoms with Gasteiger partial charge in [-0.05, 0) is 32.0 Å². The van der Waals surface area contributed by atoms with Gasteiger partial charge in [0.2, 0.25) is 0 Å². The molecule has 2 aromatic carbocycles. The molecule has 3 saturated heterocycles. The molecule has 0 N–H and O–H groups in total. The molecule has 7 rings (SSSR count). The summed E-state index contributed by atoms with van der Waals surface area (Å²) >= 11 is 6.47. The van der Waals surface area contributed by atoms with Crippen molar-refractivity contribution in [3.05, 3.63) is 65.7 Å². The molecule has 0 bridgehead atoms. The molecule has 0 saturated carbocycles. The Balaban J connectivity index is 1.34. The number of ether oxygens (including phenoxy) is 1. The quantitative estimate of drug-likeness (QED) is 0.208. The van der Waals surface area contributed by atoms with Crippen LogP contribution in [0.1, 0.15) is 12.8 Å². The molecule has 0 unspecified atom stereocenters. The van der Waals surface area contributed by atoms with E-state index in [1.54, 1.807) is 31.4 Å². The highest BCUT2D eigenvalue weighted by molar-refractivity contribution is 6.36. The van der Waals surface area contributed by atoms with Gasteiger partial charge in [0.05, 0.1) is 17.6 Å². The number of likely N-dealkylation sites (N-methyl/N-ethyl adjacent to an activating group) is 1. The molecule has 4 aromatic rings. The van der Waals surface area contributed by atoms with Gasteiger partial charge in [-0.15, -0.1) is 0 Å². The Morgan fingerprint density at radius 2 is 2.00 bits per heavy atom. The third kappa shape index (κ3) is 4.62. The van der Waals surface area contributed by atoms with E-state index >= 15 is 8.78 Å². The fourth-order valence-corrected chi connectivity index (χ4v) is 7.00. The minimum Gasteiger partial charge on any atom is -0.462 e. The Labute approximate surface area is 254 Å². The molecule has 2 aromatic heterocycles. The van der Waals surface area contributed by atoms with E-state index in [2.05, 4.69) is 21.5 Å². The first-order valence-electron chi connectivity index (χ1n) is 14.2. The van der Waals surface area contributed by atoms with Crippen LogP contribution in [0.25, 0.3) is 32.8 Å². The molecule has 228 valence electrons. The number of alkyl halides is 1. The van der Waals surface area contributed by atoms with Crippen LogP contribution in [0.3, 0.4) is 0 Å². The van der Waals surface area contributed by atoms with Crippen molar-refractivity contribution in [1.29, 1.82) is 0 Å². The van der Waals surface area contributed by atoms with Gasteiger partial charge in [0.15, 0.2) is 11.6 Å². The van der Waals surface area contributed by atoms with Crippen LogP contribution in [0.5, 0.6) is 6.01 Å². The minimum absolute atomic E-state index is 0.0628. The number of carbonyl (C=O) groups is 1. The monoisotopic (exact) mass is 626 g/mol.